The number of piperidine rings is 1. The fourth-order valence-corrected chi connectivity index (χ4v) is 4.88. The first-order valence-electron chi connectivity index (χ1n) is 8.35. The number of ether oxygens (including phenoxy) is 1. The number of esters is 1. The molecule has 1 fully saturated rings. The summed E-state index contributed by atoms with van der Waals surface area (Å²) in [6, 6.07) is 5.50. The number of hydrogen-bond donors (Lipinski definition) is 0. The number of benzene rings is 1. The maximum Gasteiger partial charge on any atom is 0.350 e. The number of carbonyl (C=O) groups excluding carboxylic acids is 2. The highest BCUT2D eigenvalue weighted by Gasteiger charge is 2.27. The van der Waals surface area contributed by atoms with Crippen molar-refractivity contribution in [1.82, 2.24) is 4.90 Å². The van der Waals surface area contributed by atoms with Gasteiger partial charge in [-0.25, -0.2) is 4.79 Å². The Hall–Kier alpha value is -1.30. The second-order valence-corrected chi connectivity index (χ2v) is 7.97. The van der Waals surface area contributed by atoms with Crippen LogP contribution in [0.25, 0.3) is 10.1 Å². The first-order valence-corrected chi connectivity index (χ1v) is 9.92. The van der Waals surface area contributed by atoms with Crippen LogP contribution in [0, 0.1) is 0 Å². The van der Waals surface area contributed by atoms with Crippen molar-refractivity contribution in [1.29, 1.82) is 0 Å². The molecule has 0 N–H and O–H groups in total. The molecule has 2 aromatic rings. The van der Waals surface area contributed by atoms with Crippen molar-refractivity contribution in [2.24, 2.45) is 0 Å². The Balaban J connectivity index is 1.68. The number of carbonyl (C=O) groups is 2. The molecule has 3 rings (SSSR count). The van der Waals surface area contributed by atoms with E-state index in [9.17, 15) is 9.59 Å². The molecule has 1 aromatic heterocycles. The zero-order valence-electron chi connectivity index (χ0n) is 13.9. The standard InChI is InChI=1S/C18H19Cl2NO3S/c1-2-12-5-3-4-8-21(12)15(22)10-24-18(23)17-16(20)13-7-6-11(19)9-14(13)25-17/h6-7,9,12H,2-5,8,10H2,1H3. The van der Waals surface area contributed by atoms with Crippen LogP contribution >= 0.6 is 34.5 Å². The van der Waals surface area contributed by atoms with E-state index in [1.165, 1.54) is 11.3 Å². The molecular formula is C18H19Cl2NO3S. The summed E-state index contributed by atoms with van der Waals surface area (Å²) >= 11 is 13.5. The van der Waals surface area contributed by atoms with Crippen molar-refractivity contribution < 1.29 is 14.3 Å². The topological polar surface area (TPSA) is 46.6 Å². The predicted molar refractivity (Wildman–Crippen MR) is 102 cm³/mol. The third kappa shape index (κ3) is 3.94. The van der Waals surface area contributed by atoms with Gasteiger partial charge in [-0.05, 0) is 37.8 Å². The van der Waals surface area contributed by atoms with Crippen LogP contribution in [0.3, 0.4) is 0 Å². The van der Waals surface area contributed by atoms with Gasteiger partial charge in [0.2, 0.25) is 0 Å². The molecule has 134 valence electrons. The van der Waals surface area contributed by atoms with Gasteiger partial charge in [-0.3, -0.25) is 4.79 Å². The molecule has 4 nitrogen and oxygen atoms in total. The van der Waals surface area contributed by atoms with Gasteiger partial charge < -0.3 is 9.64 Å². The lowest BCUT2D eigenvalue weighted by Crippen LogP contribution is -2.45. The number of hydrogen-bond acceptors (Lipinski definition) is 4. The molecule has 0 spiro atoms. The molecule has 25 heavy (non-hydrogen) atoms. The van der Waals surface area contributed by atoms with Crippen LogP contribution in [0.4, 0.5) is 0 Å². The van der Waals surface area contributed by atoms with E-state index < -0.39 is 5.97 Å². The van der Waals surface area contributed by atoms with Crippen LogP contribution in [0.5, 0.6) is 0 Å². The first kappa shape index (κ1) is 18.5. The second kappa shape index (κ2) is 7.94. The maximum absolute atomic E-state index is 12.4. The van der Waals surface area contributed by atoms with Gasteiger partial charge in [0, 0.05) is 27.7 Å². The summed E-state index contributed by atoms with van der Waals surface area (Å²) in [5.41, 5.74) is 0. The Morgan fingerprint density at radius 3 is 2.88 bits per heavy atom. The summed E-state index contributed by atoms with van der Waals surface area (Å²) in [4.78, 5) is 26.9. The summed E-state index contributed by atoms with van der Waals surface area (Å²) in [7, 11) is 0. The molecule has 7 heteroatoms. The number of fused-ring (bicyclic) bond motifs is 1. The van der Waals surface area contributed by atoms with E-state index in [0.29, 0.717) is 14.9 Å². The van der Waals surface area contributed by atoms with Crippen LogP contribution in [-0.2, 0) is 9.53 Å². The Morgan fingerprint density at radius 2 is 2.12 bits per heavy atom. The van der Waals surface area contributed by atoms with Gasteiger partial charge in [-0.1, -0.05) is 36.2 Å². The van der Waals surface area contributed by atoms with E-state index in [2.05, 4.69) is 6.92 Å². The van der Waals surface area contributed by atoms with Gasteiger partial charge in [0.15, 0.2) is 6.61 Å². The van der Waals surface area contributed by atoms with Gasteiger partial charge in [-0.15, -0.1) is 11.3 Å². The van der Waals surface area contributed by atoms with Crippen molar-refractivity contribution in [3.63, 3.8) is 0 Å². The number of rotatable bonds is 4. The van der Waals surface area contributed by atoms with Crippen LogP contribution in [0.15, 0.2) is 18.2 Å². The van der Waals surface area contributed by atoms with Crippen molar-refractivity contribution in [2.45, 2.75) is 38.6 Å². The molecule has 1 aliphatic heterocycles. The van der Waals surface area contributed by atoms with Crippen molar-refractivity contribution in [2.75, 3.05) is 13.2 Å². The summed E-state index contributed by atoms with van der Waals surface area (Å²) in [5, 5.41) is 1.69. The summed E-state index contributed by atoms with van der Waals surface area (Å²) in [6.45, 7) is 2.56. The normalized spacial score (nSPS) is 17.7. The average Bonchev–Trinajstić information content (AvgIpc) is 2.95. The molecule has 1 saturated heterocycles. The van der Waals surface area contributed by atoms with E-state index in [1.807, 2.05) is 4.90 Å². The second-order valence-electron chi connectivity index (χ2n) is 6.11. The van der Waals surface area contributed by atoms with Gasteiger partial charge >= 0.3 is 5.97 Å². The number of likely N-dealkylation sites (tertiary alicyclic amines) is 1. The maximum atomic E-state index is 12.4. The highest BCUT2D eigenvalue weighted by Crippen LogP contribution is 2.37. The molecule has 2 heterocycles. The Labute approximate surface area is 160 Å². The smallest absolute Gasteiger partial charge is 0.350 e. The number of amides is 1. The number of nitrogens with zero attached hydrogens (tertiary/aromatic N) is 1. The molecule has 0 aliphatic carbocycles. The van der Waals surface area contributed by atoms with Crippen molar-refractivity contribution in [3.8, 4) is 0 Å². The summed E-state index contributed by atoms with van der Waals surface area (Å²) in [5.74, 6) is -0.707. The van der Waals surface area contributed by atoms with Gasteiger partial charge in [0.1, 0.15) is 4.88 Å². The lowest BCUT2D eigenvalue weighted by Gasteiger charge is -2.35. The molecule has 1 amide bonds. The van der Waals surface area contributed by atoms with Crippen LogP contribution in [-0.4, -0.2) is 36.0 Å². The van der Waals surface area contributed by atoms with E-state index in [1.54, 1.807) is 18.2 Å². The fraction of sp³-hybridized carbons (Fsp3) is 0.444. The predicted octanol–water partition coefficient (Wildman–Crippen LogP) is 5.16. The van der Waals surface area contributed by atoms with Crippen molar-refractivity contribution >= 4 is 56.5 Å². The van der Waals surface area contributed by atoms with Crippen LogP contribution in [0.2, 0.25) is 10.0 Å². The molecule has 1 atom stereocenters. The fourth-order valence-electron chi connectivity index (χ4n) is 3.20. The quantitative estimate of drug-likeness (QED) is 0.667. The molecule has 1 unspecified atom stereocenters. The van der Waals surface area contributed by atoms with E-state index >= 15 is 0 Å². The van der Waals surface area contributed by atoms with E-state index in [-0.39, 0.29) is 18.6 Å². The Morgan fingerprint density at radius 1 is 1.32 bits per heavy atom. The zero-order chi connectivity index (χ0) is 18.0. The molecule has 1 aromatic carbocycles. The van der Waals surface area contributed by atoms with E-state index in [0.717, 1.165) is 42.3 Å². The third-order valence-electron chi connectivity index (χ3n) is 4.52. The summed E-state index contributed by atoms with van der Waals surface area (Å²) in [6.07, 6.45) is 4.07. The zero-order valence-corrected chi connectivity index (χ0v) is 16.2. The largest absolute Gasteiger partial charge is 0.451 e. The minimum Gasteiger partial charge on any atom is -0.451 e. The minimum atomic E-state index is -0.569. The van der Waals surface area contributed by atoms with Gasteiger partial charge in [0.25, 0.3) is 5.91 Å². The first-order chi connectivity index (χ1) is 12.0. The Kier molecular flexibility index (Phi) is 5.87. The molecule has 0 radical (unpaired) electrons. The number of halogens is 2. The van der Waals surface area contributed by atoms with Crippen LogP contribution in [0.1, 0.15) is 42.3 Å². The molecular weight excluding hydrogens is 381 g/mol. The van der Waals surface area contributed by atoms with Gasteiger partial charge in [0.05, 0.1) is 5.02 Å². The Bertz CT molecular complexity index is 805. The third-order valence-corrected chi connectivity index (χ3v) is 6.39. The van der Waals surface area contributed by atoms with E-state index in [4.69, 9.17) is 27.9 Å². The molecule has 0 bridgehead atoms. The highest BCUT2D eigenvalue weighted by atomic mass is 35.5. The lowest BCUT2D eigenvalue weighted by atomic mass is 10.00. The average molecular weight is 400 g/mol. The lowest BCUT2D eigenvalue weighted by molar-refractivity contribution is -0.138. The SMILES string of the molecule is CCC1CCCCN1C(=O)COC(=O)c1sc2cc(Cl)ccc2c1Cl. The highest BCUT2D eigenvalue weighted by molar-refractivity contribution is 7.21. The monoisotopic (exact) mass is 399 g/mol. The molecule has 1 aliphatic rings. The van der Waals surface area contributed by atoms with Crippen molar-refractivity contribution in [3.05, 3.63) is 33.1 Å². The summed E-state index contributed by atoms with van der Waals surface area (Å²) < 4.78 is 6.06. The molecule has 0 saturated carbocycles. The number of thiophene rings is 1. The minimum absolute atomic E-state index is 0.139. The van der Waals surface area contributed by atoms with Gasteiger partial charge in [-0.2, -0.15) is 0 Å². The van der Waals surface area contributed by atoms with Crippen LogP contribution < -0.4 is 0 Å².